The Balaban J connectivity index is 2.36. The number of hydrogen-bond acceptors (Lipinski definition) is 1. The molecule has 0 radical (unpaired) electrons. The molecule has 0 spiro atoms. The summed E-state index contributed by atoms with van der Waals surface area (Å²) in [6.45, 7) is 11.4. The van der Waals surface area contributed by atoms with E-state index in [9.17, 15) is 0 Å². The predicted octanol–water partition coefficient (Wildman–Crippen LogP) is 7.09. The third kappa shape index (κ3) is 2.87. The van der Waals surface area contributed by atoms with Crippen molar-refractivity contribution in [1.29, 1.82) is 0 Å². The molecule has 0 aliphatic heterocycles. The van der Waals surface area contributed by atoms with Crippen molar-refractivity contribution in [3.05, 3.63) is 53.6 Å². The second-order valence-electron chi connectivity index (χ2n) is 7.70. The van der Waals surface area contributed by atoms with Gasteiger partial charge in [0.15, 0.2) is 0 Å². The molecule has 0 atom stereocenters. The van der Waals surface area contributed by atoms with Crippen LogP contribution < -0.4 is 0 Å². The first-order valence-electron chi connectivity index (χ1n) is 8.37. The zero-order chi connectivity index (χ0) is 16.8. The Labute approximate surface area is 144 Å². The fraction of sp³-hybridized carbons (Fsp3) is 0.364. The van der Waals surface area contributed by atoms with Crippen molar-refractivity contribution in [1.82, 2.24) is 0 Å². The van der Waals surface area contributed by atoms with Crippen molar-refractivity contribution in [2.24, 2.45) is 0 Å². The van der Waals surface area contributed by atoms with E-state index in [0.29, 0.717) is 5.92 Å². The van der Waals surface area contributed by atoms with Crippen LogP contribution in [-0.2, 0) is 5.41 Å². The number of rotatable bonds is 2. The molecule has 2 aliphatic carbocycles. The first-order valence-corrected chi connectivity index (χ1v) is 9.59. The maximum absolute atomic E-state index is 2.40. The zero-order valence-corrected chi connectivity index (χ0v) is 15.8. The maximum Gasteiger partial charge on any atom is 0.0227 e. The summed E-state index contributed by atoms with van der Waals surface area (Å²) in [6.07, 6.45) is 2.19. The fourth-order valence-electron chi connectivity index (χ4n) is 3.22. The van der Waals surface area contributed by atoms with Crippen molar-refractivity contribution < 1.29 is 0 Å². The first kappa shape index (κ1) is 16.4. The van der Waals surface area contributed by atoms with Crippen molar-refractivity contribution in [3.8, 4) is 11.1 Å². The average molecular weight is 323 g/mol. The first-order chi connectivity index (χ1) is 10.8. The third-order valence-corrected chi connectivity index (χ3v) is 5.54. The highest BCUT2D eigenvalue weighted by Gasteiger charge is 2.20. The molecule has 0 aromatic heterocycles. The molecule has 120 valence electrons. The maximum atomic E-state index is 2.40. The number of fused-ring (bicyclic) bond motifs is 3. The second-order valence-corrected chi connectivity index (χ2v) is 8.51. The van der Waals surface area contributed by atoms with E-state index in [1.54, 1.807) is 0 Å². The highest BCUT2D eigenvalue weighted by Crippen LogP contribution is 2.45. The summed E-state index contributed by atoms with van der Waals surface area (Å²) < 4.78 is 0. The van der Waals surface area contributed by atoms with E-state index in [4.69, 9.17) is 0 Å². The van der Waals surface area contributed by atoms with Crippen LogP contribution >= 0.6 is 11.8 Å². The number of benzene rings is 1. The molecule has 23 heavy (non-hydrogen) atoms. The van der Waals surface area contributed by atoms with E-state index in [1.807, 2.05) is 11.8 Å². The molecule has 1 heteroatoms. The molecule has 0 heterocycles. The summed E-state index contributed by atoms with van der Waals surface area (Å²) in [5.41, 5.74) is 5.76. The van der Waals surface area contributed by atoms with Gasteiger partial charge in [-0.3, -0.25) is 0 Å². The topological polar surface area (TPSA) is 0 Å². The monoisotopic (exact) mass is 322 g/mol. The highest BCUT2D eigenvalue weighted by molar-refractivity contribution is 7.99. The summed E-state index contributed by atoms with van der Waals surface area (Å²) >= 11 is 1.86. The molecule has 2 aliphatic rings. The standard InChI is InChI=1S/C22H26S/c1-14(2)15-8-7-9-17-19-13-16(22(3,4)5)10-11-18(19)21(23-6)20(17)12-15/h7-14H,1-6H3. The van der Waals surface area contributed by atoms with Gasteiger partial charge in [-0.2, -0.15) is 0 Å². The van der Waals surface area contributed by atoms with Gasteiger partial charge in [0.1, 0.15) is 0 Å². The Morgan fingerprint density at radius 2 is 1.61 bits per heavy atom. The SMILES string of the molecule is CSc1c2cc(C(C)C)cccc-2c2cc(C(C)(C)C)ccc12. The van der Waals surface area contributed by atoms with Gasteiger partial charge in [0.25, 0.3) is 0 Å². The summed E-state index contributed by atoms with van der Waals surface area (Å²) in [4.78, 5) is 1.41. The normalized spacial score (nSPS) is 12.5. The van der Waals surface area contributed by atoms with Crippen molar-refractivity contribution in [2.75, 3.05) is 6.26 Å². The van der Waals surface area contributed by atoms with Gasteiger partial charge in [-0.1, -0.05) is 65.0 Å². The van der Waals surface area contributed by atoms with Gasteiger partial charge < -0.3 is 0 Å². The second kappa shape index (κ2) is 5.87. The Kier molecular flexibility index (Phi) is 4.18. The molecule has 0 nitrogen and oxygen atoms in total. The largest absolute Gasteiger partial charge is 0.128 e. The van der Waals surface area contributed by atoms with Crippen LogP contribution in [0.25, 0.3) is 21.9 Å². The van der Waals surface area contributed by atoms with Crippen LogP contribution in [0, 0.1) is 0 Å². The van der Waals surface area contributed by atoms with Crippen LogP contribution in [0.4, 0.5) is 0 Å². The minimum Gasteiger partial charge on any atom is -0.128 e. The molecule has 3 rings (SSSR count). The lowest BCUT2D eigenvalue weighted by atomic mass is 9.86. The van der Waals surface area contributed by atoms with Crippen LogP contribution in [0.3, 0.4) is 0 Å². The van der Waals surface area contributed by atoms with Gasteiger partial charge in [-0.25, -0.2) is 0 Å². The molecule has 0 N–H and O–H groups in total. The van der Waals surface area contributed by atoms with Crippen molar-refractivity contribution >= 4 is 22.5 Å². The Hall–Kier alpha value is -1.47. The van der Waals surface area contributed by atoms with Gasteiger partial charge in [0.05, 0.1) is 0 Å². The van der Waals surface area contributed by atoms with Gasteiger partial charge in [0, 0.05) is 4.90 Å². The Morgan fingerprint density at radius 3 is 2.22 bits per heavy atom. The van der Waals surface area contributed by atoms with Crippen LogP contribution in [0.5, 0.6) is 0 Å². The van der Waals surface area contributed by atoms with Crippen LogP contribution in [0.15, 0.2) is 47.4 Å². The van der Waals surface area contributed by atoms with Gasteiger partial charge >= 0.3 is 0 Å². The van der Waals surface area contributed by atoms with E-state index in [0.717, 1.165) is 0 Å². The van der Waals surface area contributed by atoms with E-state index >= 15 is 0 Å². The van der Waals surface area contributed by atoms with E-state index in [1.165, 1.54) is 37.9 Å². The molecule has 0 saturated heterocycles. The lowest BCUT2D eigenvalue weighted by molar-refractivity contribution is 0.591. The van der Waals surface area contributed by atoms with Gasteiger partial charge in [-0.15, -0.1) is 11.8 Å². The lowest BCUT2D eigenvalue weighted by Crippen LogP contribution is -2.10. The van der Waals surface area contributed by atoms with Crippen LogP contribution in [0.2, 0.25) is 0 Å². The van der Waals surface area contributed by atoms with E-state index in [-0.39, 0.29) is 5.41 Å². The minimum atomic E-state index is 0.178. The molecule has 0 saturated carbocycles. The summed E-state index contributed by atoms with van der Waals surface area (Å²) in [6, 6.07) is 16.2. The molecule has 0 amide bonds. The molecular formula is C22H26S. The quantitative estimate of drug-likeness (QED) is 0.454. The summed E-state index contributed by atoms with van der Waals surface area (Å²) in [7, 11) is 0. The van der Waals surface area contributed by atoms with Crippen molar-refractivity contribution in [2.45, 2.75) is 50.8 Å². The molecule has 0 fully saturated rings. The lowest BCUT2D eigenvalue weighted by Gasteiger charge is -2.19. The molecule has 0 bridgehead atoms. The van der Waals surface area contributed by atoms with Crippen LogP contribution in [-0.4, -0.2) is 6.26 Å². The minimum absolute atomic E-state index is 0.178. The number of thioether (sulfide) groups is 1. The van der Waals surface area contributed by atoms with Crippen molar-refractivity contribution in [3.63, 3.8) is 0 Å². The molecular weight excluding hydrogens is 296 g/mol. The average Bonchev–Trinajstić information content (AvgIpc) is 2.63. The Morgan fingerprint density at radius 1 is 0.870 bits per heavy atom. The highest BCUT2D eigenvalue weighted by atomic mass is 32.2. The van der Waals surface area contributed by atoms with Crippen LogP contribution in [0.1, 0.15) is 51.7 Å². The Bertz CT molecular complexity index is 821. The fourth-order valence-corrected chi connectivity index (χ4v) is 4.00. The van der Waals surface area contributed by atoms with E-state index in [2.05, 4.69) is 83.3 Å². The molecule has 1 aromatic rings. The van der Waals surface area contributed by atoms with E-state index < -0.39 is 0 Å². The van der Waals surface area contributed by atoms with Gasteiger partial charge in [0.2, 0.25) is 0 Å². The third-order valence-electron chi connectivity index (χ3n) is 4.69. The number of hydrogen-bond donors (Lipinski definition) is 0. The zero-order valence-electron chi connectivity index (χ0n) is 15.0. The van der Waals surface area contributed by atoms with Gasteiger partial charge in [-0.05, 0) is 62.7 Å². The predicted molar refractivity (Wildman–Crippen MR) is 105 cm³/mol. The molecule has 0 unspecified atom stereocenters. The molecule has 1 aromatic carbocycles. The summed E-state index contributed by atoms with van der Waals surface area (Å²) in [5, 5.41) is 2.78. The summed E-state index contributed by atoms with van der Waals surface area (Å²) in [5.74, 6) is 0.545. The smallest absolute Gasteiger partial charge is 0.0227 e.